The Balaban J connectivity index is 2.57. The van der Waals surface area contributed by atoms with Crippen LogP contribution in [0.5, 0.6) is 0 Å². The van der Waals surface area contributed by atoms with Crippen molar-refractivity contribution in [2.45, 2.75) is 6.92 Å². The lowest BCUT2D eigenvalue weighted by molar-refractivity contribution is -0.113. The molecule has 1 rings (SSSR count). The van der Waals surface area contributed by atoms with Crippen LogP contribution < -0.4 is 5.32 Å². The van der Waals surface area contributed by atoms with Crippen LogP contribution in [0.25, 0.3) is 0 Å². The summed E-state index contributed by atoms with van der Waals surface area (Å²) < 4.78 is 4.87. The normalized spacial score (nSPS) is 9.64. The molecule has 0 radical (unpaired) electrons. The van der Waals surface area contributed by atoms with Gasteiger partial charge in [-0.25, -0.2) is 0 Å². The quantitative estimate of drug-likeness (QED) is 0.763. The summed E-state index contributed by atoms with van der Waals surface area (Å²) in [4.78, 5) is 14.6. The molecule has 0 aliphatic rings. The van der Waals surface area contributed by atoms with Crippen LogP contribution >= 0.6 is 15.9 Å². The van der Waals surface area contributed by atoms with Crippen LogP contribution in [-0.4, -0.2) is 16.2 Å². The third-order valence-electron chi connectivity index (χ3n) is 0.987. The fourth-order valence-electron chi connectivity index (χ4n) is 0.564. The van der Waals surface area contributed by atoms with Crippen molar-refractivity contribution in [1.29, 1.82) is 0 Å². The second-order valence-electron chi connectivity index (χ2n) is 1.98. The number of aryl methyl sites for hydroxylation is 1. The SMILES string of the molecule is Cc1coc(NC(=O)CBr)n1. The molecule has 0 unspecified atom stereocenters. The van der Waals surface area contributed by atoms with Gasteiger partial charge in [-0.3, -0.25) is 10.1 Å². The average molecular weight is 219 g/mol. The van der Waals surface area contributed by atoms with Crippen LogP contribution in [0.4, 0.5) is 6.01 Å². The summed E-state index contributed by atoms with van der Waals surface area (Å²) in [6, 6.07) is 0.243. The van der Waals surface area contributed by atoms with E-state index in [9.17, 15) is 4.79 Å². The highest BCUT2D eigenvalue weighted by atomic mass is 79.9. The number of rotatable bonds is 2. The Bertz CT molecular complexity index is 259. The third kappa shape index (κ3) is 2.34. The lowest BCUT2D eigenvalue weighted by Crippen LogP contribution is -2.12. The number of alkyl halides is 1. The van der Waals surface area contributed by atoms with Gasteiger partial charge in [0.15, 0.2) is 0 Å². The number of nitrogens with one attached hydrogen (secondary N) is 1. The fraction of sp³-hybridized carbons (Fsp3) is 0.333. The van der Waals surface area contributed by atoms with Crippen LogP contribution in [0.15, 0.2) is 10.7 Å². The van der Waals surface area contributed by atoms with Crippen molar-refractivity contribution < 1.29 is 9.21 Å². The summed E-state index contributed by atoms with van der Waals surface area (Å²) >= 11 is 3.00. The zero-order valence-corrected chi connectivity index (χ0v) is 7.51. The standard InChI is InChI=1S/C6H7BrN2O2/c1-4-3-11-6(8-4)9-5(10)2-7/h3H,2H2,1H3,(H,8,9,10). The van der Waals surface area contributed by atoms with E-state index in [1.165, 1.54) is 6.26 Å². The van der Waals surface area contributed by atoms with Gasteiger partial charge < -0.3 is 4.42 Å². The van der Waals surface area contributed by atoms with Crippen molar-refractivity contribution >= 4 is 27.9 Å². The van der Waals surface area contributed by atoms with Crippen molar-refractivity contribution in [3.05, 3.63) is 12.0 Å². The van der Waals surface area contributed by atoms with Crippen molar-refractivity contribution in [3.63, 3.8) is 0 Å². The summed E-state index contributed by atoms with van der Waals surface area (Å²) in [6.07, 6.45) is 1.48. The highest BCUT2D eigenvalue weighted by molar-refractivity contribution is 9.09. The molecule has 0 saturated carbocycles. The lowest BCUT2D eigenvalue weighted by atomic mass is 10.6. The molecule has 0 fully saturated rings. The summed E-state index contributed by atoms with van der Waals surface area (Å²) in [5, 5.41) is 2.69. The molecule has 1 aromatic rings. The first-order chi connectivity index (χ1) is 5.22. The Labute approximate surface area is 72.1 Å². The maximum atomic E-state index is 10.7. The van der Waals surface area contributed by atoms with Gasteiger partial charge in [0.1, 0.15) is 6.26 Å². The molecule has 1 heterocycles. The Morgan fingerprint density at radius 1 is 1.91 bits per heavy atom. The molecule has 0 aromatic carbocycles. The molecule has 60 valence electrons. The van der Waals surface area contributed by atoms with Crippen LogP contribution in [0.3, 0.4) is 0 Å². The molecule has 0 aliphatic heterocycles. The molecular formula is C6H7BrN2O2. The lowest BCUT2D eigenvalue weighted by Gasteiger charge is -1.93. The molecule has 0 saturated heterocycles. The van der Waals surface area contributed by atoms with E-state index >= 15 is 0 Å². The van der Waals surface area contributed by atoms with Gasteiger partial charge in [-0.05, 0) is 6.92 Å². The topological polar surface area (TPSA) is 55.1 Å². The van der Waals surface area contributed by atoms with E-state index in [1.807, 2.05) is 0 Å². The van der Waals surface area contributed by atoms with Gasteiger partial charge in [-0.1, -0.05) is 15.9 Å². The van der Waals surface area contributed by atoms with Gasteiger partial charge in [0, 0.05) is 0 Å². The second-order valence-corrected chi connectivity index (χ2v) is 2.54. The Kier molecular flexibility index (Phi) is 2.64. The third-order valence-corrected chi connectivity index (χ3v) is 1.50. The smallest absolute Gasteiger partial charge is 0.301 e. The highest BCUT2D eigenvalue weighted by Crippen LogP contribution is 2.05. The van der Waals surface area contributed by atoms with E-state index in [2.05, 4.69) is 26.2 Å². The second kappa shape index (κ2) is 3.52. The number of oxazole rings is 1. The fourth-order valence-corrected chi connectivity index (χ4v) is 0.704. The number of aromatic nitrogens is 1. The molecular weight excluding hydrogens is 212 g/mol. The minimum Gasteiger partial charge on any atom is -0.432 e. The number of hydrogen-bond donors (Lipinski definition) is 1. The number of halogens is 1. The maximum absolute atomic E-state index is 10.7. The molecule has 0 bridgehead atoms. The molecule has 1 amide bonds. The number of hydrogen-bond acceptors (Lipinski definition) is 3. The summed E-state index contributed by atoms with van der Waals surface area (Å²) in [5.41, 5.74) is 0.745. The zero-order valence-electron chi connectivity index (χ0n) is 5.93. The molecule has 1 N–H and O–H groups in total. The number of nitrogens with zero attached hydrogens (tertiary/aromatic N) is 1. The molecule has 5 heteroatoms. The largest absolute Gasteiger partial charge is 0.432 e. The summed E-state index contributed by atoms with van der Waals surface area (Å²) in [6.45, 7) is 1.79. The van der Waals surface area contributed by atoms with Gasteiger partial charge >= 0.3 is 6.01 Å². The van der Waals surface area contributed by atoms with E-state index in [-0.39, 0.29) is 17.3 Å². The predicted molar refractivity (Wildman–Crippen MR) is 43.7 cm³/mol. The van der Waals surface area contributed by atoms with Crippen LogP contribution in [0.2, 0.25) is 0 Å². The molecule has 0 atom stereocenters. The summed E-state index contributed by atoms with van der Waals surface area (Å²) in [7, 11) is 0. The minimum absolute atomic E-state index is 0.174. The van der Waals surface area contributed by atoms with Crippen LogP contribution in [-0.2, 0) is 4.79 Å². The van der Waals surface area contributed by atoms with Gasteiger partial charge in [0.2, 0.25) is 5.91 Å². The first-order valence-corrected chi connectivity index (χ1v) is 4.12. The number of anilines is 1. The average Bonchev–Trinajstić information content (AvgIpc) is 2.35. The summed E-state index contributed by atoms with van der Waals surface area (Å²) in [5.74, 6) is -0.174. The molecule has 0 aliphatic carbocycles. The molecule has 11 heavy (non-hydrogen) atoms. The van der Waals surface area contributed by atoms with Crippen molar-refractivity contribution in [2.75, 3.05) is 10.6 Å². The van der Waals surface area contributed by atoms with E-state index in [4.69, 9.17) is 4.42 Å². The molecule has 1 aromatic heterocycles. The number of amides is 1. The van der Waals surface area contributed by atoms with E-state index in [0.29, 0.717) is 0 Å². The van der Waals surface area contributed by atoms with E-state index < -0.39 is 0 Å². The Morgan fingerprint density at radius 2 is 2.64 bits per heavy atom. The zero-order chi connectivity index (χ0) is 8.27. The van der Waals surface area contributed by atoms with Crippen molar-refractivity contribution in [2.24, 2.45) is 0 Å². The predicted octanol–water partition coefficient (Wildman–Crippen LogP) is 1.32. The minimum atomic E-state index is -0.174. The molecule has 4 nitrogen and oxygen atoms in total. The number of carbonyl (C=O) groups is 1. The van der Waals surface area contributed by atoms with Gasteiger partial charge in [0.25, 0.3) is 0 Å². The highest BCUT2D eigenvalue weighted by Gasteiger charge is 2.03. The van der Waals surface area contributed by atoms with E-state index in [0.717, 1.165) is 5.69 Å². The first kappa shape index (κ1) is 8.26. The van der Waals surface area contributed by atoms with Crippen LogP contribution in [0, 0.1) is 6.92 Å². The van der Waals surface area contributed by atoms with Gasteiger partial charge in [-0.15, -0.1) is 0 Å². The number of carbonyl (C=O) groups excluding carboxylic acids is 1. The Morgan fingerprint density at radius 3 is 3.09 bits per heavy atom. The van der Waals surface area contributed by atoms with Gasteiger partial charge in [0.05, 0.1) is 11.0 Å². The van der Waals surface area contributed by atoms with Gasteiger partial charge in [-0.2, -0.15) is 4.98 Å². The molecule has 0 spiro atoms. The van der Waals surface area contributed by atoms with Crippen molar-refractivity contribution in [3.8, 4) is 0 Å². The monoisotopic (exact) mass is 218 g/mol. The first-order valence-electron chi connectivity index (χ1n) is 3.00. The van der Waals surface area contributed by atoms with Crippen LogP contribution in [0.1, 0.15) is 5.69 Å². The van der Waals surface area contributed by atoms with E-state index in [1.54, 1.807) is 6.92 Å². The van der Waals surface area contributed by atoms with Crippen molar-refractivity contribution in [1.82, 2.24) is 4.98 Å². The Hall–Kier alpha value is -0.840. The maximum Gasteiger partial charge on any atom is 0.301 e.